The first-order valence-electron chi connectivity index (χ1n) is 13.8. The standard InChI is InChI=1S/C31H25F7N4O5/c1-3-28(27(39)44)14-47-25-20(28)11-22(42-24(25)15-4-6-19(32)7-5-15)29(45,31(36,37)38)13-41-26(43)17-8-16-9-18(30(33,34)35)12-40-23(16)21(10-17)46-2/h4-12,45H,3,13-14H2,1-2H3,(H2,39,44)(H,41,43)/t28-,29?/m1/s1. The van der Waals surface area contributed by atoms with Crippen LogP contribution in [0.1, 0.15) is 40.5 Å². The van der Waals surface area contributed by atoms with Gasteiger partial charge >= 0.3 is 12.4 Å². The van der Waals surface area contributed by atoms with E-state index in [0.717, 1.165) is 37.4 Å². The molecule has 2 atom stereocenters. The van der Waals surface area contributed by atoms with Gasteiger partial charge in [-0.3, -0.25) is 14.6 Å². The van der Waals surface area contributed by atoms with Crippen LogP contribution >= 0.6 is 0 Å². The maximum Gasteiger partial charge on any atom is 0.424 e. The van der Waals surface area contributed by atoms with Gasteiger partial charge in [-0.05, 0) is 55.0 Å². The van der Waals surface area contributed by atoms with Crippen molar-refractivity contribution in [3.05, 3.63) is 82.9 Å². The number of nitrogens with zero attached hydrogens (tertiary/aromatic N) is 2. The van der Waals surface area contributed by atoms with Crippen LogP contribution in [0.15, 0.2) is 54.7 Å². The lowest BCUT2D eigenvalue weighted by Crippen LogP contribution is -2.52. The van der Waals surface area contributed by atoms with Crippen LogP contribution in [0.5, 0.6) is 11.5 Å². The number of ether oxygens (including phenoxy) is 2. The van der Waals surface area contributed by atoms with Gasteiger partial charge in [0.2, 0.25) is 11.5 Å². The van der Waals surface area contributed by atoms with E-state index in [1.54, 1.807) is 6.92 Å². The lowest BCUT2D eigenvalue weighted by Gasteiger charge is -2.32. The van der Waals surface area contributed by atoms with Gasteiger partial charge < -0.3 is 25.6 Å². The Hall–Kier alpha value is -4.99. The summed E-state index contributed by atoms with van der Waals surface area (Å²) in [5.41, 5.74) is -2.73. The average Bonchev–Trinajstić information content (AvgIpc) is 3.41. The monoisotopic (exact) mass is 666 g/mol. The number of carbonyl (C=O) groups is 2. The Morgan fingerprint density at radius 3 is 2.34 bits per heavy atom. The second-order valence-electron chi connectivity index (χ2n) is 10.8. The number of amides is 2. The molecule has 9 nitrogen and oxygen atoms in total. The van der Waals surface area contributed by atoms with E-state index in [1.165, 1.54) is 12.1 Å². The Bertz CT molecular complexity index is 1880. The molecule has 1 unspecified atom stereocenters. The van der Waals surface area contributed by atoms with Gasteiger partial charge in [0, 0.05) is 28.3 Å². The fraction of sp³-hybridized carbons (Fsp3) is 0.290. The zero-order valence-electron chi connectivity index (χ0n) is 24.5. The van der Waals surface area contributed by atoms with Crippen LogP contribution in [0, 0.1) is 5.82 Å². The lowest BCUT2D eigenvalue weighted by molar-refractivity contribution is -0.265. The molecule has 0 radical (unpaired) electrons. The number of hydrogen-bond donors (Lipinski definition) is 3. The summed E-state index contributed by atoms with van der Waals surface area (Å²) in [5.74, 6) is -3.02. The van der Waals surface area contributed by atoms with E-state index < -0.39 is 64.4 Å². The van der Waals surface area contributed by atoms with Gasteiger partial charge in [-0.15, -0.1) is 0 Å². The fourth-order valence-corrected chi connectivity index (χ4v) is 5.30. The molecule has 4 aromatic rings. The maximum absolute atomic E-state index is 14.7. The van der Waals surface area contributed by atoms with Gasteiger partial charge in [-0.2, -0.15) is 26.3 Å². The molecule has 0 spiro atoms. The summed E-state index contributed by atoms with van der Waals surface area (Å²) < 4.78 is 109. The number of nitrogens with two attached hydrogens (primary N) is 1. The molecule has 0 saturated heterocycles. The highest BCUT2D eigenvalue weighted by Gasteiger charge is 2.58. The Kier molecular flexibility index (Phi) is 8.29. The molecule has 16 heteroatoms. The quantitative estimate of drug-likeness (QED) is 0.221. The molecule has 0 bridgehead atoms. The van der Waals surface area contributed by atoms with Crippen LogP contribution in [0.4, 0.5) is 30.7 Å². The van der Waals surface area contributed by atoms with Crippen molar-refractivity contribution in [2.75, 3.05) is 20.3 Å². The van der Waals surface area contributed by atoms with E-state index in [2.05, 4.69) is 9.97 Å². The molecular weight excluding hydrogens is 641 g/mol. The van der Waals surface area contributed by atoms with Crippen molar-refractivity contribution in [1.29, 1.82) is 0 Å². The number of benzene rings is 2. The summed E-state index contributed by atoms with van der Waals surface area (Å²) >= 11 is 0. The first-order valence-corrected chi connectivity index (χ1v) is 13.8. The first kappa shape index (κ1) is 33.4. The highest BCUT2D eigenvalue weighted by atomic mass is 19.4. The maximum atomic E-state index is 14.7. The van der Waals surface area contributed by atoms with Crippen molar-refractivity contribution in [1.82, 2.24) is 15.3 Å². The number of hydrogen-bond acceptors (Lipinski definition) is 7. The summed E-state index contributed by atoms with van der Waals surface area (Å²) in [6.45, 7) is -0.312. The van der Waals surface area contributed by atoms with Crippen LogP contribution in [0.25, 0.3) is 22.2 Å². The zero-order chi connectivity index (χ0) is 34.5. The molecule has 1 aliphatic heterocycles. The Labute approximate surface area is 261 Å². The number of nitrogens with one attached hydrogen (secondary N) is 1. The van der Waals surface area contributed by atoms with Crippen LogP contribution in [0.2, 0.25) is 0 Å². The Morgan fingerprint density at radius 2 is 1.77 bits per heavy atom. The molecule has 2 aromatic heterocycles. The van der Waals surface area contributed by atoms with Gasteiger partial charge in [0.1, 0.15) is 40.5 Å². The van der Waals surface area contributed by atoms with Crippen molar-refractivity contribution in [2.24, 2.45) is 5.73 Å². The van der Waals surface area contributed by atoms with Gasteiger partial charge in [0.05, 0.1) is 24.9 Å². The number of primary amides is 1. The largest absolute Gasteiger partial charge is 0.494 e. The molecule has 5 rings (SSSR count). The van der Waals surface area contributed by atoms with E-state index in [9.17, 15) is 45.4 Å². The van der Waals surface area contributed by atoms with Crippen molar-refractivity contribution in [3.8, 4) is 22.8 Å². The minimum absolute atomic E-state index is 0.00245. The lowest BCUT2D eigenvalue weighted by atomic mass is 9.78. The number of halogens is 7. The van der Waals surface area contributed by atoms with Crippen molar-refractivity contribution < 1.29 is 54.9 Å². The van der Waals surface area contributed by atoms with E-state index in [0.29, 0.717) is 12.3 Å². The van der Waals surface area contributed by atoms with Crippen LogP contribution in [0.3, 0.4) is 0 Å². The molecule has 0 aliphatic carbocycles. The normalized spacial score (nSPS) is 17.5. The number of pyridine rings is 2. The van der Waals surface area contributed by atoms with E-state index in [1.807, 2.05) is 5.32 Å². The SMILES string of the molecule is CC[C@@]1(C(N)=O)COc2c1cc(C(O)(CNC(=O)c1cc(OC)c3ncc(C(F)(F)F)cc3c1)C(F)(F)F)nc2-c1ccc(F)cc1. The molecule has 47 heavy (non-hydrogen) atoms. The number of aliphatic hydroxyl groups is 1. The van der Waals surface area contributed by atoms with Gasteiger partial charge in [0.15, 0.2) is 0 Å². The molecule has 0 saturated carbocycles. The summed E-state index contributed by atoms with van der Waals surface area (Å²) in [5, 5.41) is 13.0. The molecule has 0 fully saturated rings. The van der Waals surface area contributed by atoms with Crippen LogP contribution in [-0.4, -0.2) is 53.3 Å². The Balaban J connectivity index is 1.60. The smallest absolute Gasteiger partial charge is 0.424 e. The van der Waals surface area contributed by atoms with Crippen molar-refractivity contribution >= 4 is 22.7 Å². The fourth-order valence-electron chi connectivity index (χ4n) is 5.30. The van der Waals surface area contributed by atoms with Gasteiger partial charge in [0.25, 0.3) is 5.91 Å². The molecule has 2 amide bonds. The summed E-state index contributed by atoms with van der Waals surface area (Å²) in [6, 6.07) is 8.02. The number of aromatic nitrogens is 2. The third-order valence-electron chi connectivity index (χ3n) is 8.10. The first-order chi connectivity index (χ1) is 21.9. The predicted molar refractivity (Wildman–Crippen MR) is 152 cm³/mol. The molecule has 4 N–H and O–H groups in total. The number of fused-ring (bicyclic) bond motifs is 2. The summed E-state index contributed by atoms with van der Waals surface area (Å²) in [7, 11) is 1.16. The van der Waals surface area contributed by atoms with Crippen molar-refractivity contribution in [3.63, 3.8) is 0 Å². The van der Waals surface area contributed by atoms with Crippen LogP contribution in [-0.2, 0) is 22.0 Å². The third-order valence-corrected chi connectivity index (χ3v) is 8.10. The number of alkyl halides is 6. The second kappa shape index (κ2) is 11.7. The summed E-state index contributed by atoms with van der Waals surface area (Å²) in [4.78, 5) is 33.6. The van der Waals surface area contributed by atoms with E-state index in [-0.39, 0.29) is 52.3 Å². The van der Waals surface area contributed by atoms with Crippen LogP contribution < -0.4 is 20.5 Å². The molecule has 248 valence electrons. The van der Waals surface area contributed by atoms with E-state index >= 15 is 0 Å². The summed E-state index contributed by atoms with van der Waals surface area (Å²) in [6.07, 6.45) is -9.71. The minimum atomic E-state index is -5.49. The predicted octanol–water partition coefficient (Wildman–Crippen LogP) is 5.17. The number of rotatable bonds is 8. The molecule has 1 aliphatic rings. The highest BCUT2D eigenvalue weighted by molar-refractivity contribution is 6.00. The zero-order valence-corrected chi connectivity index (χ0v) is 24.5. The van der Waals surface area contributed by atoms with Gasteiger partial charge in [-0.25, -0.2) is 9.37 Å². The minimum Gasteiger partial charge on any atom is -0.494 e. The average molecular weight is 667 g/mol. The van der Waals surface area contributed by atoms with E-state index in [4.69, 9.17) is 15.2 Å². The number of carbonyl (C=O) groups excluding carboxylic acids is 2. The second-order valence-corrected chi connectivity index (χ2v) is 10.8. The molecule has 2 aromatic carbocycles. The number of methoxy groups -OCH3 is 1. The van der Waals surface area contributed by atoms with Gasteiger partial charge in [-0.1, -0.05) is 6.92 Å². The third kappa shape index (κ3) is 5.77. The molecular formula is C31H25F7N4O5. The molecule has 3 heterocycles. The highest BCUT2D eigenvalue weighted by Crippen LogP contribution is 2.49. The Morgan fingerprint density at radius 1 is 1.09 bits per heavy atom. The topological polar surface area (TPSA) is 137 Å². The van der Waals surface area contributed by atoms with Crippen molar-refractivity contribution in [2.45, 2.75) is 36.7 Å².